The molecule has 0 saturated heterocycles. The molecule has 8 nitrogen and oxygen atoms in total. The Morgan fingerprint density at radius 1 is 0.500 bits per heavy atom. The first-order valence-electron chi connectivity index (χ1n) is 20.6. The average Bonchev–Trinajstić information content (AvgIpc) is 3.08. The van der Waals surface area contributed by atoms with Crippen molar-refractivity contribution in [1.29, 1.82) is 0 Å². The normalized spacial score (nSPS) is 12.6. The maximum absolute atomic E-state index is 12.3. The first kappa shape index (κ1) is 48.5. The molecule has 0 rings (SSSR count). The van der Waals surface area contributed by atoms with Gasteiger partial charge in [-0.05, 0) is 57.8 Å². The molecule has 0 aromatic carbocycles. The molecule has 0 aliphatic heterocycles. The van der Waals surface area contributed by atoms with Crippen molar-refractivity contribution in [1.82, 2.24) is 0 Å². The van der Waals surface area contributed by atoms with Gasteiger partial charge in [-0.15, -0.1) is 0 Å². The maximum Gasteiger partial charge on any atom is 0.469 e. The molecule has 0 saturated carbocycles. The molecule has 9 heteroatoms. The van der Waals surface area contributed by atoms with Gasteiger partial charge in [-0.2, -0.15) is 0 Å². The Kier molecular flexibility index (Phi) is 36.2. The Bertz CT molecular complexity index is 869. The molecular weight excluding hydrogens is 651 g/mol. The number of carbonyl (C=O) groups excluding carboxylic acids is 2. The zero-order valence-electron chi connectivity index (χ0n) is 32.3. The minimum absolute atomic E-state index is 0.203. The molecule has 0 aliphatic carbocycles. The van der Waals surface area contributed by atoms with E-state index in [9.17, 15) is 14.2 Å². The summed E-state index contributed by atoms with van der Waals surface area (Å²) < 4.78 is 26.3. The molecule has 50 heavy (non-hydrogen) atoms. The van der Waals surface area contributed by atoms with Gasteiger partial charge in [0.25, 0.3) is 0 Å². The van der Waals surface area contributed by atoms with Crippen molar-refractivity contribution in [2.45, 2.75) is 213 Å². The van der Waals surface area contributed by atoms with Crippen LogP contribution in [0.25, 0.3) is 0 Å². The molecule has 294 valence electrons. The van der Waals surface area contributed by atoms with E-state index in [1.807, 2.05) is 0 Å². The molecule has 0 unspecified atom stereocenters. The lowest BCUT2D eigenvalue weighted by atomic mass is 10.0. The molecule has 1 atom stereocenters. The van der Waals surface area contributed by atoms with Crippen LogP contribution in [0.2, 0.25) is 0 Å². The largest absolute Gasteiger partial charge is 0.469 e. The van der Waals surface area contributed by atoms with Crippen LogP contribution in [0.15, 0.2) is 24.3 Å². The Morgan fingerprint density at radius 2 is 0.860 bits per heavy atom. The number of hydrogen-bond acceptors (Lipinski definition) is 6. The van der Waals surface area contributed by atoms with Gasteiger partial charge in [0, 0.05) is 12.8 Å². The third-order valence-corrected chi connectivity index (χ3v) is 9.43. The third-order valence-electron chi connectivity index (χ3n) is 8.94. The molecule has 0 amide bonds. The molecular formula is C41H77O8P. The van der Waals surface area contributed by atoms with E-state index in [0.29, 0.717) is 6.42 Å². The Labute approximate surface area is 307 Å². The highest BCUT2D eigenvalue weighted by Gasteiger charge is 2.22. The topological polar surface area (TPSA) is 119 Å². The fourth-order valence-corrected chi connectivity index (χ4v) is 6.18. The van der Waals surface area contributed by atoms with E-state index in [1.165, 1.54) is 116 Å². The van der Waals surface area contributed by atoms with Crippen molar-refractivity contribution in [2.24, 2.45) is 0 Å². The van der Waals surface area contributed by atoms with Crippen LogP contribution in [0.5, 0.6) is 0 Å². The predicted molar refractivity (Wildman–Crippen MR) is 207 cm³/mol. The fourth-order valence-electron chi connectivity index (χ4n) is 5.82. The Hall–Kier alpha value is -1.47. The number of unbranched alkanes of at least 4 members (excludes halogenated alkanes) is 24. The summed E-state index contributed by atoms with van der Waals surface area (Å²) in [4.78, 5) is 42.7. The number of esters is 2. The Balaban J connectivity index is 3.84. The second kappa shape index (κ2) is 37.3. The lowest BCUT2D eigenvalue weighted by Gasteiger charge is -2.18. The van der Waals surface area contributed by atoms with E-state index in [0.717, 1.165) is 57.8 Å². The van der Waals surface area contributed by atoms with Crippen LogP contribution in [0.3, 0.4) is 0 Å². The summed E-state index contributed by atoms with van der Waals surface area (Å²) in [5, 5.41) is 0. The first-order valence-corrected chi connectivity index (χ1v) is 22.2. The van der Waals surface area contributed by atoms with Crippen LogP contribution in [-0.2, 0) is 28.2 Å². The van der Waals surface area contributed by atoms with Crippen molar-refractivity contribution in [2.75, 3.05) is 13.2 Å². The molecule has 0 bridgehead atoms. The minimum atomic E-state index is -4.75. The van der Waals surface area contributed by atoms with Crippen molar-refractivity contribution in [3.8, 4) is 0 Å². The van der Waals surface area contributed by atoms with Crippen LogP contribution in [0, 0.1) is 0 Å². The Morgan fingerprint density at radius 3 is 1.28 bits per heavy atom. The van der Waals surface area contributed by atoms with Gasteiger partial charge in [0.05, 0.1) is 6.61 Å². The second-order valence-corrected chi connectivity index (χ2v) is 15.2. The summed E-state index contributed by atoms with van der Waals surface area (Å²) in [6, 6.07) is 0. The van der Waals surface area contributed by atoms with Gasteiger partial charge in [0.1, 0.15) is 6.61 Å². The summed E-state index contributed by atoms with van der Waals surface area (Å²) in [7, 11) is -4.75. The van der Waals surface area contributed by atoms with E-state index >= 15 is 0 Å². The highest BCUT2D eigenvalue weighted by atomic mass is 31.2. The molecule has 0 spiro atoms. The molecule has 0 heterocycles. The third kappa shape index (κ3) is 39.3. The smallest absolute Gasteiger partial charge is 0.462 e. The summed E-state index contributed by atoms with van der Waals surface area (Å²) >= 11 is 0. The van der Waals surface area contributed by atoms with E-state index in [1.54, 1.807) is 0 Å². The summed E-state index contributed by atoms with van der Waals surface area (Å²) in [6.45, 7) is 3.64. The number of phosphoric ester groups is 1. The zero-order chi connectivity index (χ0) is 36.8. The lowest BCUT2D eigenvalue weighted by Crippen LogP contribution is -2.29. The fraction of sp³-hybridized carbons (Fsp3) is 0.854. The molecule has 0 aliphatic rings. The number of hydrogen-bond donors (Lipinski definition) is 2. The molecule has 0 radical (unpaired) electrons. The molecule has 0 aromatic rings. The molecule has 0 fully saturated rings. The molecule has 0 aromatic heterocycles. The standard InChI is InChI=1S/C41H77O8P/c1-3-5-7-9-11-13-15-16-17-18-19-20-21-22-23-24-26-27-29-31-33-35-40(42)47-37-39(38-48-50(44,45)46)49-41(43)36-34-32-30-28-25-14-12-10-8-6-4-2/h10,12,16-17,39H,3-9,11,13-15,18-38H2,1-2H3,(H2,44,45,46)/b12-10-,17-16-/t39-/m1/s1. The van der Waals surface area contributed by atoms with Gasteiger partial charge in [-0.25, -0.2) is 4.57 Å². The van der Waals surface area contributed by atoms with E-state index < -0.39 is 32.5 Å². The summed E-state index contributed by atoms with van der Waals surface area (Å²) in [5.41, 5.74) is 0. The van der Waals surface area contributed by atoms with Crippen LogP contribution in [-0.4, -0.2) is 41.0 Å². The summed E-state index contributed by atoms with van der Waals surface area (Å²) in [5.74, 6) is -0.892. The highest BCUT2D eigenvalue weighted by molar-refractivity contribution is 7.46. The van der Waals surface area contributed by atoms with Gasteiger partial charge >= 0.3 is 19.8 Å². The van der Waals surface area contributed by atoms with Crippen LogP contribution < -0.4 is 0 Å². The molecule has 2 N–H and O–H groups in total. The monoisotopic (exact) mass is 729 g/mol. The van der Waals surface area contributed by atoms with Crippen molar-refractivity contribution in [3.63, 3.8) is 0 Å². The number of ether oxygens (including phenoxy) is 2. The van der Waals surface area contributed by atoms with Crippen molar-refractivity contribution >= 4 is 19.8 Å². The van der Waals surface area contributed by atoms with E-state index in [2.05, 4.69) is 42.7 Å². The van der Waals surface area contributed by atoms with E-state index in [-0.39, 0.29) is 19.4 Å². The van der Waals surface area contributed by atoms with Crippen LogP contribution in [0.1, 0.15) is 206 Å². The second-order valence-electron chi connectivity index (χ2n) is 14.0. The number of carbonyl (C=O) groups is 2. The van der Waals surface area contributed by atoms with Gasteiger partial charge in [0.15, 0.2) is 6.10 Å². The lowest BCUT2D eigenvalue weighted by molar-refractivity contribution is -0.161. The van der Waals surface area contributed by atoms with Gasteiger partial charge in [-0.1, -0.05) is 160 Å². The van der Waals surface area contributed by atoms with E-state index in [4.69, 9.17) is 19.3 Å². The quantitative estimate of drug-likeness (QED) is 0.0279. The van der Waals surface area contributed by atoms with Gasteiger partial charge in [0.2, 0.25) is 0 Å². The number of rotatable bonds is 38. The average molecular weight is 729 g/mol. The van der Waals surface area contributed by atoms with Crippen LogP contribution >= 0.6 is 7.82 Å². The minimum Gasteiger partial charge on any atom is -0.462 e. The van der Waals surface area contributed by atoms with Crippen LogP contribution in [0.4, 0.5) is 0 Å². The predicted octanol–water partition coefficient (Wildman–Crippen LogP) is 12.4. The van der Waals surface area contributed by atoms with Gasteiger partial charge < -0.3 is 19.3 Å². The summed E-state index contributed by atoms with van der Waals surface area (Å²) in [6.07, 6.45) is 41.9. The SMILES string of the molecule is CCCC/C=C\CCCCCCCC(=O)O[C@H](COC(=O)CCCCCCCCCCCCC/C=C\CCCCCCCC)COP(=O)(O)O. The van der Waals surface area contributed by atoms with Crippen molar-refractivity contribution in [3.05, 3.63) is 24.3 Å². The number of phosphoric acid groups is 1. The number of allylic oxidation sites excluding steroid dienone is 4. The zero-order valence-corrected chi connectivity index (χ0v) is 33.2. The first-order chi connectivity index (χ1) is 24.3. The van der Waals surface area contributed by atoms with Crippen molar-refractivity contribution < 1.29 is 37.9 Å². The maximum atomic E-state index is 12.3. The highest BCUT2D eigenvalue weighted by Crippen LogP contribution is 2.36. The van der Waals surface area contributed by atoms with Gasteiger partial charge in [-0.3, -0.25) is 14.1 Å².